The Morgan fingerprint density at radius 1 is 1.36 bits per heavy atom. The van der Waals surface area contributed by atoms with Crippen LogP contribution in [-0.2, 0) is 21.2 Å². The number of nitrogens with one attached hydrogen (secondary N) is 2. The lowest BCUT2D eigenvalue weighted by Gasteiger charge is -2.10. The number of carbonyl (C=O) groups excluding carboxylic acids is 1. The van der Waals surface area contributed by atoms with Gasteiger partial charge in [-0.2, -0.15) is 0 Å². The van der Waals surface area contributed by atoms with Gasteiger partial charge in [-0.3, -0.25) is 4.79 Å². The van der Waals surface area contributed by atoms with Crippen molar-refractivity contribution in [3.63, 3.8) is 0 Å². The van der Waals surface area contributed by atoms with Crippen molar-refractivity contribution in [2.75, 3.05) is 23.4 Å². The highest BCUT2D eigenvalue weighted by Gasteiger charge is 2.29. The Bertz CT molecular complexity index is 605. The van der Waals surface area contributed by atoms with Gasteiger partial charge < -0.3 is 10.6 Å². The molecule has 1 heterocycles. The molecule has 1 aromatic carbocycles. The molecule has 5 nitrogen and oxygen atoms in total. The molecule has 124 valence electrons. The quantitative estimate of drug-likeness (QED) is 0.826. The standard InChI is InChI=1S/C15H22N2O3S.ClH/c1-2-16-10-12-4-3-5-14(8-12)17-15(18)9-13-6-7-21(19,20)11-13;/h3-5,8,13,16H,2,6-7,9-11H2,1H3,(H,17,18);1H. The fourth-order valence-electron chi connectivity index (χ4n) is 2.54. The van der Waals surface area contributed by atoms with Crippen LogP contribution in [0.3, 0.4) is 0 Å². The number of benzene rings is 1. The van der Waals surface area contributed by atoms with E-state index in [9.17, 15) is 13.2 Å². The van der Waals surface area contributed by atoms with E-state index >= 15 is 0 Å². The fraction of sp³-hybridized carbons (Fsp3) is 0.533. The molecule has 2 rings (SSSR count). The molecule has 1 aliphatic rings. The lowest BCUT2D eigenvalue weighted by atomic mass is 10.0. The lowest BCUT2D eigenvalue weighted by Crippen LogP contribution is -2.18. The third-order valence-corrected chi connectivity index (χ3v) is 5.43. The van der Waals surface area contributed by atoms with Gasteiger partial charge in [0.25, 0.3) is 0 Å². The Hall–Kier alpha value is -1.11. The largest absolute Gasteiger partial charge is 0.326 e. The lowest BCUT2D eigenvalue weighted by molar-refractivity contribution is -0.116. The first-order chi connectivity index (χ1) is 9.98. The molecule has 0 aromatic heterocycles. The molecular weight excluding hydrogens is 324 g/mol. The van der Waals surface area contributed by atoms with Gasteiger partial charge >= 0.3 is 0 Å². The van der Waals surface area contributed by atoms with Crippen molar-refractivity contribution in [3.05, 3.63) is 29.8 Å². The van der Waals surface area contributed by atoms with E-state index in [-0.39, 0.29) is 42.2 Å². The molecule has 1 atom stereocenters. The second kappa shape index (κ2) is 8.50. The van der Waals surface area contributed by atoms with Gasteiger partial charge in [0, 0.05) is 18.7 Å². The molecule has 1 aliphatic heterocycles. The van der Waals surface area contributed by atoms with Crippen molar-refractivity contribution < 1.29 is 13.2 Å². The van der Waals surface area contributed by atoms with Crippen LogP contribution in [0.25, 0.3) is 0 Å². The molecule has 7 heteroatoms. The Labute approximate surface area is 138 Å². The van der Waals surface area contributed by atoms with Crippen molar-refractivity contribution in [2.45, 2.75) is 26.3 Å². The third kappa shape index (κ3) is 5.94. The molecular formula is C15H23ClN2O3S. The molecule has 0 saturated carbocycles. The van der Waals surface area contributed by atoms with Gasteiger partial charge in [-0.1, -0.05) is 19.1 Å². The van der Waals surface area contributed by atoms with E-state index in [4.69, 9.17) is 0 Å². The Morgan fingerprint density at radius 3 is 2.77 bits per heavy atom. The first-order valence-corrected chi connectivity index (χ1v) is 9.10. The van der Waals surface area contributed by atoms with Gasteiger partial charge in [0.2, 0.25) is 5.91 Å². The van der Waals surface area contributed by atoms with Crippen molar-refractivity contribution in [2.24, 2.45) is 5.92 Å². The van der Waals surface area contributed by atoms with E-state index in [0.717, 1.165) is 24.3 Å². The Balaban J connectivity index is 0.00000242. The minimum atomic E-state index is -2.92. The normalized spacial score (nSPS) is 19.4. The maximum Gasteiger partial charge on any atom is 0.224 e. The zero-order valence-corrected chi connectivity index (χ0v) is 14.3. The van der Waals surface area contributed by atoms with Crippen LogP contribution in [-0.4, -0.2) is 32.4 Å². The molecule has 0 aliphatic carbocycles. The summed E-state index contributed by atoms with van der Waals surface area (Å²) in [6, 6.07) is 7.69. The first kappa shape index (κ1) is 18.9. The molecule has 2 N–H and O–H groups in total. The Morgan fingerprint density at radius 2 is 2.14 bits per heavy atom. The van der Waals surface area contributed by atoms with Crippen LogP contribution in [0, 0.1) is 5.92 Å². The second-order valence-electron chi connectivity index (χ2n) is 5.50. The number of halogens is 1. The van der Waals surface area contributed by atoms with E-state index in [1.165, 1.54) is 0 Å². The maximum atomic E-state index is 12.0. The molecule has 0 bridgehead atoms. The summed E-state index contributed by atoms with van der Waals surface area (Å²) in [6.45, 7) is 3.70. The van der Waals surface area contributed by atoms with Crippen LogP contribution in [0.15, 0.2) is 24.3 Å². The molecule has 0 radical (unpaired) electrons. The topological polar surface area (TPSA) is 75.3 Å². The van der Waals surface area contributed by atoms with Gasteiger partial charge in [0.05, 0.1) is 11.5 Å². The van der Waals surface area contributed by atoms with E-state index in [0.29, 0.717) is 6.42 Å². The highest BCUT2D eigenvalue weighted by Crippen LogP contribution is 2.22. The number of hydrogen-bond donors (Lipinski definition) is 2. The molecule has 1 aromatic rings. The number of rotatable bonds is 6. The summed E-state index contributed by atoms with van der Waals surface area (Å²) >= 11 is 0. The summed E-state index contributed by atoms with van der Waals surface area (Å²) in [6.07, 6.45) is 0.868. The van der Waals surface area contributed by atoms with E-state index < -0.39 is 9.84 Å². The van der Waals surface area contributed by atoms with E-state index in [1.807, 2.05) is 31.2 Å². The monoisotopic (exact) mass is 346 g/mol. The first-order valence-electron chi connectivity index (χ1n) is 7.28. The molecule has 1 fully saturated rings. The van der Waals surface area contributed by atoms with Crippen LogP contribution >= 0.6 is 12.4 Å². The average Bonchev–Trinajstić information content (AvgIpc) is 2.75. The maximum absolute atomic E-state index is 12.0. The summed E-state index contributed by atoms with van der Waals surface area (Å²) in [5, 5.41) is 6.08. The number of amides is 1. The predicted octanol–water partition coefficient (Wildman–Crippen LogP) is 1.98. The van der Waals surface area contributed by atoms with Crippen molar-refractivity contribution in [1.82, 2.24) is 5.32 Å². The minimum absolute atomic E-state index is 0. The van der Waals surface area contributed by atoms with Crippen LogP contribution in [0.5, 0.6) is 0 Å². The number of carbonyl (C=O) groups is 1. The summed E-state index contributed by atoms with van der Waals surface area (Å²) in [7, 11) is -2.92. The zero-order chi connectivity index (χ0) is 15.3. The van der Waals surface area contributed by atoms with Crippen LogP contribution < -0.4 is 10.6 Å². The van der Waals surface area contributed by atoms with Crippen molar-refractivity contribution in [3.8, 4) is 0 Å². The fourth-order valence-corrected chi connectivity index (χ4v) is 4.40. The third-order valence-electron chi connectivity index (χ3n) is 3.59. The van der Waals surface area contributed by atoms with Crippen molar-refractivity contribution >= 4 is 33.8 Å². The van der Waals surface area contributed by atoms with Crippen molar-refractivity contribution in [1.29, 1.82) is 0 Å². The summed E-state index contributed by atoms with van der Waals surface area (Å²) < 4.78 is 22.8. The van der Waals surface area contributed by atoms with Gasteiger partial charge in [0.1, 0.15) is 0 Å². The van der Waals surface area contributed by atoms with Crippen LogP contribution in [0.2, 0.25) is 0 Å². The predicted molar refractivity (Wildman–Crippen MR) is 91.1 cm³/mol. The SMILES string of the molecule is CCNCc1cccc(NC(=O)CC2CCS(=O)(=O)C2)c1.Cl. The average molecular weight is 347 g/mol. The van der Waals surface area contributed by atoms with Crippen LogP contribution in [0.4, 0.5) is 5.69 Å². The summed E-state index contributed by atoms with van der Waals surface area (Å²) in [4.78, 5) is 12.0. The van der Waals surface area contributed by atoms with Gasteiger partial charge in [-0.15, -0.1) is 12.4 Å². The molecule has 0 spiro atoms. The van der Waals surface area contributed by atoms with Gasteiger partial charge in [-0.05, 0) is 36.6 Å². The highest BCUT2D eigenvalue weighted by molar-refractivity contribution is 7.91. The number of anilines is 1. The molecule has 1 unspecified atom stereocenters. The van der Waals surface area contributed by atoms with Gasteiger partial charge in [0.15, 0.2) is 9.84 Å². The molecule has 1 amide bonds. The smallest absolute Gasteiger partial charge is 0.224 e. The zero-order valence-electron chi connectivity index (χ0n) is 12.7. The number of hydrogen-bond acceptors (Lipinski definition) is 4. The molecule has 22 heavy (non-hydrogen) atoms. The highest BCUT2D eigenvalue weighted by atomic mass is 35.5. The minimum Gasteiger partial charge on any atom is -0.326 e. The van der Waals surface area contributed by atoms with Crippen LogP contribution in [0.1, 0.15) is 25.3 Å². The number of sulfone groups is 1. The molecule has 1 saturated heterocycles. The summed E-state index contributed by atoms with van der Waals surface area (Å²) in [5.74, 6) is 0.196. The second-order valence-corrected chi connectivity index (χ2v) is 7.73. The van der Waals surface area contributed by atoms with E-state index in [2.05, 4.69) is 10.6 Å². The Kier molecular flexibility index (Phi) is 7.32. The summed E-state index contributed by atoms with van der Waals surface area (Å²) in [5.41, 5.74) is 1.87. The van der Waals surface area contributed by atoms with Gasteiger partial charge in [-0.25, -0.2) is 8.42 Å². The van der Waals surface area contributed by atoms with E-state index in [1.54, 1.807) is 0 Å².